The molecule has 9 nitrogen and oxygen atoms in total. The molecule has 15 heteroatoms. The van der Waals surface area contributed by atoms with E-state index in [2.05, 4.69) is 40.9 Å². The van der Waals surface area contributed by atoms with Crippen LogP contribution in [0.15, 0.2) is 39.9 Å². The van der Waals surface area contributed by atoms with Gasteiger partial charge in [-0.2, -0.15) is 18.2 Å². The zero-order valence-corrected chi connectivity index (χ0v) is 20.2. The van der Waals surface area contributed by atoms with Crippen LogP contribution < -0.4 is 15.6 Å². The number of aromatic nitrogens is 4. The van der Waals surface area contributed by atoms with Crippen molar-refractivity contribution < 1.29 is 36.2 Å². The van der Waals surface area contributed by atoms with E-state index in [1.54, 1.807) is 7.05 Å². The lowest BCUT2D eigenvalue weighted by Crippen LogP contribution is -2.36. The molecule has 0 saturated heterocycles. The first-order chi connectivity index (χ1) is 16.9. The Hall–Kier alpha value is -3.46. The highest BCUT2D eigenvalue weighted by Gasteiger charge is 2.43. The Morgan fingerprint density at radius 3 is 2.53 bits per heavy atom. The van der Waals surface area contributed by atoms with E-state index >= 15 is 0 Å². The lowest BCUT2D eigenvalue weighted by molar-refractivity contribution is -0.207. The van der Waals surface area contributed by atoms with Crippen molar-refractivity contribution in [2.45, 2.75) is 32.5 Å². The van der Waals surface area contributed by atoms with Gasteiger partial charge in [0.15, 0.2) is 0 Å². The molecule has 3 rings (SSSR count). The molecule has 36 heavy (non-hydrogen) atoms. The highest BCUT2D eigenvalue weighted by atomic mass is 79.9. The molecule has 1 aromatic carbocycles. The first kappa shape index (κ1) is 27.1. The Kier molecular flexibility index (Phi) is 8.35. The van der Waals surface area contributed by atoms with Crippen molar-refractivity contribution in [2.75, 3.05) is 7.05 Å². The van der Waals surface area contributed by atoms with Crippen molar-refractivity contribution in [3.63, 3.8) is 0 Å². The summed E-state index contributed by atoms with van der Waals surface area (Å²) in [6.07, 6.45) is -5.04. The van der Waals surface area contributed by atoms with Gasteiger partial charge in [-0.1, -0.05) is 0 Å². The first-order valence-corrected chi connectivity index (χ1v) is 10.8. The number of rotatable bonds is 8. The van der Waals surface area contributed by atoms with E-state index in [0.717, 1.165) is 18.3 Å². The van der Waals surface area contributed by atoms with E-state index < -0.39 is 42.2 Å². The van der Waals surface area contributed by atoms with E-state index in [4.69, 9.17) is 4.74 Å². The van der Waals surface area contributed by atoms with Gasteiger partial charge in [0.1, 0.15) is 34.2 Å². The van der Waals surface area contributed by atoms with Gasteiger partial charge in [-0.25, -0.2) is 13.6 Å². The van der Waals surface area contributed by atoms with Gasteiger partial charge in [0.2, 0.25) is 12.1 Å². The molecular formula is C21H17BrF5N5O4. The van der Waals surface area contributed by atoms with E-state index in [9.17, 15) is 31.5 Å². The lowest BCUT2D eigenvalue weighted by Gasteiger charge is -2.22. The normalized spacial score (nSPS) is 12.3. The second-order valence-corrected chi connectivity index (χ2v) is 7.99. The summed E-state index contributed by atoms with van der Waals surface area (Å²) in [5.74, 6) is -4.80. The van der Waals surface area contributed by atoms with Gasteiger partial charge in [0, 0.05) is 18.2 Å². The van der Waals surface area contributed by atoms with Crippen LogP contribution in [0.2, 0.25) is 0 Å². The van der Waals surface area contributed by atoms with E-state index in [-0.39, 0.29) is 27.4 Å². The lowest BCUT2D eigenvalue weighted by atomic mass is 10.2. The summed E-state index contributed by atoms with van der Waals surface area (Å²) in [6, 6.07) is 2.79. The van der Waals surface area contributed by atoms with Crippen LogP contribution in [0.4, 0.5) is 22.0 Å². The quantitative estimate of drug-likeness (QED) is 0.321. The fourth-order valence-electron chi connectivity index (χ4n) is 2.93. The number of nitrogens with zero attached hydrogens (tertiary/aromatic N) is 4. The molecule has 2 heterocycles. The summed E-state index contributed by atoms with van der Waals surface area (Å²) in [6.45, 7) is 1.11. The number of aryl methyl sites for hydroxylation is 1. The van der Waals surface area contributed by atoms with Crippen molar-refractivity contribution in [1.82, 2.24) is 24.8 Å². The number of benzene rings is 1. The van der Waals surface area contributed by atoms with Gasteiger partial charge in [-0.3, -0.25) is 19.3 Å². The molecule has 0 aliphatic heterocycles. The maximum atomic E-state index is 13.9. The number of halogens is 6. The van der Waals surface area contributed by atoms with Gasteiger partial charge in [-0.05, 0) is 42.0 Å². The molecule has 3 aromatic rings. The summed E-state index contributed by atoms with van der Waals surface area (Å²) in [7, 11) is 1.64. The largest absolute Gasteiger partial charge is 0.491 e. The van der Waals surface area contributed by atoms with Crippen molar-refractivity contribution in [1.29, 1.82) is 0 Å². The molecule has 2 aromatic heterocycles. The Morgan fingerprint density at radius 1 is 1.22 bits per heavy atom. The van der Waals surface area contributed by atoms with E-state index in [1.165, 1.54) is 13.1 Å². The minimum Gasteiger partial charge on any atom is -0.472 e. The molecule has 1 atom stereocenters. The maximum absolute atomic E-state index is 13.9. The number of carbonyl (C=O) groups excluding carboxylic acids is 1. The molecule has 0 fully saturated rings. The third-order valence-electron chi connectivity index (χ3n) is 4.61. The van der Waals surface area contributed by atoms with Gasteiger partial charge < -0.3 is 14.8 Å². The molecule has 0 bridgehead atoms. The summed E-state index contributed by atoms with van der Waals surface area (Å²) in [4.78, 5) is 36.8. The highest BCUT2D eigenvalue weighted by molar-refractivity contribution is 9.10. The van der Waals surface area contributed by atoms with Crippen LogP contribution in [0.3, 0.4) is 0 Å². The Bertz CT molecular complexity index is 1320. The molecule has 0 radical (unpaired) electrons. The van der Waals surface area contributed by atoms with Crippen LogP contribution in [-0.4, -0.2) is 38.7 Å². The molecular weight excluding hydrogens is 561 g/mol. The number of hydrogen-bond acceptors (Lipinski definition) is 8. The molecule has 1 N–H and O–H groups in total. The smallest absolute Gasteiger partial charge is 0.472 e. The molecule has 0 aliphatic carbocycles. The van der Waals surface area contributed by atoms with Crippen LogP contribution in [-0.2, 0) is 22.7 Å². The fourth-order valence-corrected chi connectivity index (χ4v) is 3.32. The van der Waals surface area contributed by atoms with Gasteiger partial charge in [0.05, 0.1) is 18.1 Å². The first-order valence-electron chi connectivity index (χ1n) is 10.0. The standard InChI is InChI=1S/C21H17BrF5N5O4/c1-10-31-17(35-9-11-3-4-12(23)5-14(11)24)16(22)18(33)32(10)19(36-20(34)21(25,26)27)15-8-29-13(6-28-2)7-30-15/h3-5,7-8,19,28H,6,9H2,1-2H3. The summed E-state index contributed by atoms with van der Waals surface area (Å²) in [5.41, 5.74) is -0.880. The Labute approximate surface area is 208 Å². The Balaban J connectivity index is 2.01. The SMILES string of the molecule is CNCc1cnc(C(OC(=O)C(F)(F)F)n2c(C)nc(OCc3ccc(F)cc3F)c(Br)c2=O)cn1. The molecule has 0 saturated carbocycles. The number of hydrogen-bond donors (Lipinski definition) is 1. The zero-order chi connectivity index (χ0) is 26.6. The van der Waals surface area contributed by atoms with Gasteiger partial charge >= 0.3 is 12.1 Å². The second kappa shape index (κ2) is 11.1. The Morgan fingerprint density at radius 2 is 1.94 bits per heavy atom. The molecule has 0 aliphatic rings. The summed E-state index contributed by atoms with van der Waals surface area (Å²) >= 11 is 2.97. The summed E-state index contributed by atoms with van der Waals surface area (Å²) < 4.78 is 76.1. The molecule has 192 valence electrons. The second-order valence-electron chi connectivity index (χ2n) is 7.20. The average molecular weight is 578 g/mol. The van der Waals surface area contributed by atoms with Crippen molar-refractivity contribution in [3.8, 4) is 5.88 Å². The van der Waals surface area contributed by atoms with Crippen LogP contribution in [0, 0.1) is 18.6 Å². The van der Waals surface area contributed by atoms with Crippen molar-refractivity contribution in [2.24, 2.45) is 0 Å². The zero-order valence-electron chi connectivity index (χ0n) is 18.6. The van der Waals surface area contributed by atoms with Crippen LogP contribution in [0.1, 0.15) is 29.0 Å². The highest BCUT2D eigenvalue weighted by Crippen LogP contribution is 2.27. The number of ether oxygens (including phenoxy) is 2. The maximum Gasteiger partial charge on any atom is 0.491 e. The average Bonchev–Trinajstić information content (AvgIpc) is 2.81. The number of nitrogens with one attached hydrogen (secondary N) is 1. The molecule has 1 unspecified atom stereocenters. The predicted octanol–water partition coefficient (Wildman–Crippen LogP) is 3.33. The van der Waals surface area contributed by atoms with Gasteiger partial charge in [0.25, 0.3) is 5.56 Å². The number of alkyl halides is 3. The van der Waals surface area contributed by atoms with Crippen LogP contribution >= 0.6 is 15.9 Å². The fraction of sp³-hybridized carbons (Fsp3) is 0.286. The minimum absolute atomic E-state index is 0.0409. The van der Waals surface area contributed by atoms with Crippen molar-refractivity contribution >= 4 is 21.9 Å². The molecule has 0 spiro atoms. The minimum atomic E-state index is -5.36. The third kappa shape index (κ3) is 6.20. The topological polar surface area (TPSA) is 108 Å². The predicted molar refractivity (Wildman–Crippen MR) is 117 cm³/mol. The van der Waals surface area contributed by atoms with E-state index in [1.807, 2.05) is 0 Å². The van der Waals surface area contributed by atoms with E-state index in [0.29, 0.717) is 22.9 Å². The number of carbonyl (C=O) groups is 1. The third-order valence-corrected chi connectivity index (χ3v) is 5.29. The van der Waals surface area contributed by atoms with Crippen LogP contribution in [0.25, 0.3) is 0 Å². The number of esters is 1. The summed E-state index contributed by atoms with van der Waals surface area (Å²) in [5, 5.41) is 2.81. The van der Waals surface area contributed by atoms with Crippen molar-refractivity contribution in [3.05, 3.63) is 79.8 Å². The van der Waals surface area contributed by atoms with Crippen LogP contribution in [0.5, 0.6) is 5.88 Å². The van der Waals surface area contributed by atoms with Gasteiger partial charge in [-0.15, -0.1) is 0 Å². The molecule has 0 amide bonds. The monoisotopic (exact) mass is 577 g/mol.